The van der Waals surface area contributed by atoms with E-state index < -0.39 is 0 Å². The van der Waals surface area contributed by atoms with Gasteiger partial charge >= 0.3 is 0 Å². The quantitative estimate of drug-likeness (QED) is 0.760. The van der Waals surface area contributed by atoms with Crippen LogP contribution in [0, 0.1) is 0 Å². The average Bonchev–Trinajstić information content (AvgIpc) is 3.04. The SMILES string of the molecule is CC[NH+]1CCc2c(sc3c2C(=O)N[C@@H](c2cccc(OC)c2OC)N3)C1. The molecule has 0 bridgehead atoms. The fraction of sp³-hybridized carbons (Fsp3) is 0.421. The zero-order valence-electron chi connectivity index (χ0n) is 15.3. The normalized spacial score (nSPS) is 21.3. The molecule has 1 aromatic heterocycles. The first kappa shape index (κ1) is 17.2. The first-order chi connectivity index (χ1) is 12.7. The van der Waals surface area contributed by atoms with Crippen LogP contribution in [0.5, 0.6) is 11.5 Å². The van der Waals surface area contributed by atoms with Crippen molar-refractivity contribution in [3.05, 3.63) is 39.8 Å². The fourth-order valence-electron chi connectivity index (χ4n) is 3.85. The maximum Gasteiger partial charge on any atom is 0.256 e. The smallest absolute Gasteiger partial charge is 0.256 e. The van der Waals surface area contributed by atoms with Crippen LogP contribution in [0.1, 0.15) is 39.5 Å². The van der Waals surface area contributed by atoms with Crippen molar-refractivity contribution in [3.8, 4) is 11.5 Å². The Kier molecular flexibility index (Phi) is 4.50. The number of amides is 1. The number of hydrogen-bond donors (Lipinski definition) is 3. The molecule has 2 atom stereocenters. The van der Waals surface area contributed by atoms with Gasteiger partial charge in [0, 0.05) is 12.0 Å². The molecule has 6 nitrogen and oxygen atoms in total. The molecule has 0 saturated carbocycles. The topological polar surface area (TPSA) is 64.0 Å². The lowest BCUT2D eigenvalue weighted by atomic mass is 10.00. The van der Waals surface area contributed by atoms with E-state index in [0.29, 0.717) is 11.5 Å². The van der Waals surface area contributed by atoms with E-state index in [2.05, 4.69) is 17.6 Å². The molecule has 1 aromatic carbocycles. The number of nitrogens with one attached hydrogen (secondary N) is 3. The van der Waals surface area contributed by atoms with Gasteiger partial charge in [-0.1, -0.05) is 12.1 Å². The van der Waals surface area contributed by atoms with Gasteiger partial charge in [0.1, 0.15) is 17.7 Å². The second kappa shape index (κ2) is 6.81. The van der Waals surface area contributed by atoms with Crippen molar-refractivity contribution in [2.75, 3.05) is 32.6 Å². The summed E-state index contributed by atoms with van der Waals surface area (Å²) in [7, 11) is 3.23. The van der Waals surface area contributed by atoms with Gasteiger partial charge < -0.3 is 25.0 Å². The highest BCUT2D eigenvalue weighted by Gasteiger charge is 2.35. The van der Waals surface area contributed by atoms with E-state index in [4.69, 9.17) is 9.47 Å². The van der Waals surface area contributed by atoms with Crippen molar-refractivity contribution in [1.82, 2.24) is 5.32 Å². The lowest BCUT2D eigenvalue weighted by molar-refractivity contribution is -0.913. The van der Waals surface area contributed by atoms with Crippen LogP contribution in [-0.2, 0) is 13.0 Å². The number of quaternary nitrogens is 1. The molecule has 2 aliphatic rings. The monoisotopic (exact) mass is 374 g/mol. The highest BCUT2D eigenvalue weighted by atomic mass is 32.1. The fourth-order valence-corrected chi connectivity index (χ4v) is 5.19. The standard InChI is InChI=1S/C19H23N3O3S/c1-4-22-9-8-11-14(10-22)26-19-15(11)18(23)20-17(21-19)12-6-5-7-13(24-2)16(12)25-3/h5-7,17,21H,4,8-10H2,1-3H3,(H,20,23)/p+1/t17-/m1/s1. The van der Waals surface area contributed by atoms with Crippen molar-refractivity contribution in [2.24, 2.45) is 0 Å². The summed E-state index contributed by atoms with van der Waals surface area (Å²) in [6.45, 7) is 5.42. The largest absolute Gasteiger partial charge is 0.493 e. The predicted molar refractivity (Wildman–Crippen MR) is 101 cm³/mol. The second-order valence-electron chi connectivity index (χ2n) is 6.62. The Morgan fingerprint density at radius 2 is 2.12 bits per heavy atom. The average molecular weight is 374 g/mol. The molecule has 0 spiro atoms. The Morgan fingerprint density at radius 3 is 2.85 bits per heavy atom. The predicted octanol–water partition coefficient (Wildman–Crippen LogP) is 1.58. The number of thiophene rings is 1. The van der Waals surface area contributed by atoms with E-state index >= 15 is 0 Å². The molecule has 0 fully saturated rings. The van der Waals surface area contributed by atoms with Crippen molar-refractivity contribution in [1.29, 1.82) is 0 Å². The van der Waals surface area contributed by atoms with Gasteiger partial charge in [-0.15, -0.1) is 11.3 Å². The zero-order chi connectivity index (χ0) is 18.3. The minimum atomic E-state index is -0.338. The summed E-state index contributed by atoms with van der Waals surface area (Å²) in [6.07, 6.45) is 0.627. The number of carbonyl (C=O) groups excluding carboxylic acids is 1. The Morgan fingerprint density at radius 1 is 1.27 bits per heavy atom. The van der Waals surface area contributed by atoms with Crippen LogP contribution in [0.25, 0.3) is 0 Å². The van der Waals surface area contributed by atoms with Crippen LogP contribution in [0.2, 0.25) is 0 Å². The Balaban J connectivity index is 1.70. The molecule has 3 heterocycles. The number of para-hydroxylation sites is 1. The highest BCUT2D eigenvalue weighted by molar-refractivity contribution is 7.16. The molecule has 2 aliphatic heterocycles. The van der Waals surface area contributed by atoms with Gasteiger partial charge in [-0.05, 0) is 18.6 Å². The van der Waals surface area contributed by atoms with E-state index in [1.807, 2.05) is 18.2 Å². The molecule has 26 heavy (non-hydrogen) atoms. The lowest BCUT2D eigenvalue weighted by Gasteiger charge is -2.28. The number of methoxy groups -OCH3 is 2. The van der Waals surface area contributed by atoms with Crippen molar-refractivity contribution in [3.63, 3.8) is 0 Å². The highest BCUT2D eigenvalue weighted by Crippen LogP contribution is 2.41. The first-order valence-electron chi connectivity index (χ1n) is 8.92. The van der Waals surface area contributed by atoms with Crippen LogP contribution in [0.3, 0.4) is 0 Å². The van der Waals surface area contributed by atoms with Gasteiger partial charge in [0.25, 0.3) is 5.91 Å². The molecule has 1 unspecified atom stereocenters. The van der Waals surface area contributed by atoms with Crippen LogP contribution < -0.4 is 25.0 Å². The molecular formula is C19H24N3O3S+. The molecular weight excluding hydrogens is 350 g/mol. The summed E-state index contributed by atoms with van der Waals surface area (Å²) in [4.78, 5) is 15.8. The first-order valence-corrected chi connectivity index (χ1v) is 9.74. The van der Waals surface area contributed by atoms with Gasteiger partial charge in [-0.25, -0.2) is 0 Å². The van der Waals surface area contributed by atoms with Gasteiger partial charge in [0.05, 0.1) is 37.7 Å². The van der Waals surface area contributed by atoms with Gasteiger partial charge in [0.2, 0.25) is 0 Å². The minimum Gasteiger partial charge on any atom is -0.493 e. The number of fused-ring (bicyclic) bond motifs is 3. The Hall–Kier alpha value is -2.25. The summed E-state index contributed by atoms with van der Waals surface area (Å²) >= 11 is 1.72. The molecule has 0 radical (unpaired) electrons. The third-order valence-corrected chi connectivity index (χ3v) is 6.42. The summed E-state index contributed by atoms with van der Waals surface area (Å²) in [5.74, 6) is 1.28. The number of hydrogen-bond acceptors (Lipinski definition) is 5. The van der Waals surface area contributed by atoms with E-state index in [1.54, 1.807) is 30.5 Å². The molecule has 0 saturated heterocycles. The number of ether oxygens (including phenoxy) is 2. The molecule has 0 aliphatic carbocycles. The van der Waals surface area contributed by atoms with Gasteiger partial charge in [-0.3, -0.25) is 4.79 Å². The summed E-state index contributed by atoms with van der Waals surface area (Å²) in [6, 6.07) is 5.70. The summed E-state index contributed by atoms with van der Waals surface area (Å²) in [5.41, 5.74) is 2.92. The van der Waals surface area contributed by atoms with Crippen LogP contribution >= 0.6 is 11.3 Å². The Labute approximate surface area is 157 Å². The van der Waals surface area contributed by atoms with Crippen LogP contribution in [0.4, 0.5) is 5.00 Å². The number of likely N-dealkylation sites (N-methyl/N-ethyl adjacent to an activating group) is 1. The van der Waals surface area contributed by atoms with E-state index in [-0.39, 0.29) is 12.1 Å². The third kappa shape index (κ3) is 2.71. The zero-order valence-corrected chi connectivity index (χ0v) is 16.1. The van der Waals surface area contributed by atoms with Gasteiger partial charge in [-0.2, -0.15) is 0 Å². The van der Waals surface area contributed by atoms with Crippen molar-refractivity contribution >= 4 is 22.2 Å². The third-order valence-electron chi connectivity index (χ3n) is 5.25. The van der Waals surface area contributed by atoms with Crippen molar-refractivity contribution < 1.29 is 19.2 Å². The number of rotatable bonds is 4. The van der Waals surface area contributed by atoms with E-state index in [0.717, 1.165) is 42.2 Å². The maximum atomic E-state index is 12.9. The number of anilines is 1. The molecule has 1 amide bonds. The molecule has 138 valence electrons. The van der Waals surface area contributed by atoms with Crippen LogP contribution in [0.15, 0.2) is 18.2 Å². The maximum absolute atomic E-state index is 12.9. The molecule has 4 rings (SSSR count). The number of carbonyl (C=O) groups is 1. The Bertz CT molecular complexity index is 849. The van der Waals surface area contributed by atoms with Crippen molar-refractivity contribution in [2.45, 2.75) is 26.1 Å². The summed E-state index contributed by atoms with van der Waals surface area (Å²) in [5, 5.41) is 7.56. The van der Waals surface area contributed by atoms with Crippen LogP contribution in [-0.4, -0.2) is 33.2 Å². The molecule has 7 heteroatoms. The molecule has 3 N–H and O–H groups in total. The van der Waals surface area contributed by atoms with E-state index in [1.165, 1.54) is 10.4 Å². The van der Waals surface area contributed by atoms with Gasteiger partial charge in [0.15, 0.2) is 11.5 Å². The lowest BCUT2D eigenvalue weighted by Crippen LogP contribution is -3.11. The minimum absolute atomic E-state index is 0.00827. The second-order valence-corrected chi connectivity index (χ2v) is 7.73. The molecule has 2 aromatic rings. The van der Waals surface area contributed by atoms with E-state index in [9.17, 15) is 4.79 Å². The number of benzene rings is 1. The summed E-state index contributed by atoms with van der Waals surface area (Å²) < 4.78 is 10.9.